The Morgan fingerprint density at radius 3 is 2.77 bits per heavy atom. The molecule has 0 bridgehead atoms. The van der Waals surface area contributed by atoms with E-state index in [0.717, 1.165) is 18.4 Å². The maximum atomic E-state index is 9.43. The van der Waals surface area contributed by atoms with Gasteiger partial charge in [0.15, 0.2) is 0 Å². The average molecular weight is 179 g/mol. The Labute approximate surface area is 79.4 Å². The van der Waals surface area contributed by atoms with Gasteiger partial charge < -0.3 is 10.8 Å². The molecule has 0 saturated carbocycles. The molecule has 0 unspecified atom stereocenters. The van der Waals surface area contributed by atoms with Gasteiger partial charge in [0.2, 0.25) is 0 Å². The smallest absolute Gasteiger partial charge is 0.118 e. The van der Waals surface area contributed by atoms with Gasteiger partial charge in [0.05, 0.1) is 0 Å². The van der Waals surface area contributed by atoms with Gasteiger partial charge in [-0.15, -0.1) is 0 Å². The maximum absolute atomic E-state index is 9.43. The van der Waals surface area contributed by atoms with E-state index in [2.05, 4.69) is 0 Å². The van der Waals surface area contributed by atoms with Crippen LogP contribution in [0.15, 0.2) is 18.2 Å². The predicted octanol–water partition coefficient (Wildman–Crippen LogP) is 1.98. The summed E-state index contributed by atoms with van der Waals surface area (Å²) in [6.45, 7) is 3.93. The normalized spacial score (nSPS) is 12.8. The molecule has 1 aromatic carbocycles. The molecule has 0 fully saturated rings. The largest absolute Gasteiger partial charge is 0.508 e. The highest BCUT2D eigenvalue weighted by Gasteiger charge is 2.03. The van der Waals surface area contributed by atoms with Gasteiger partial charge in [0.1, 0.15) is 5.75 Å². The van der Waals surface area contributed by atoms with E-state index in [4.69, 9.17) is 5.73 Å². The van der Waals surface area contributed by atoms with Gasteiger partial charge in [-0.05, 0) is 43.9 Å². The first-order valence-electron chi connectivity index (χ1n) is 4.64. The Morgan fingerprint density at radius 2 is 2.15 bits per heavy atom. The van der Waals surface area contributed by atoms with Gasteiger partial charge in [-0.1, -0.05) is 12.1 Å². The van der Waals surface area contributed by atoms with Crippen molar-refractivity contribution in [1.82, 2.24) is 0 Å². The second-order valence-corrected chi connectivity index (χ2v) is 3.58. The number of aryl methyl sites for hydroxylation is 1. The van der Waals surface area contributed by atoms with Crippen molar-refractivity contribution in [3.8, 4) is 5.75 Å². The minimum Gasteiger partial charge on any atom is -0.508 e. The van der Waals surface area contributed by atoms with Gasteiger partial charge in [-0.2, -0.15) is 0 Å². The van der Waals surface area contributed by atoms with Crippen molar-refractivity contribution in [1.29, 1.82) is 0 Å². The average Bonchev–Trinajstić information content (AvgIpc) is 2.07. The Bertz CT molecular complexity index is 281. The topological polar surface area (TPSA) is 46.2 Å². The number of rotatable bonds is 3. The Balaban J connectivity index is 2.71. The zero-order valence-electron chi connectivity index (χ0n) is 8.25. The summed E-state index contributed by atoms with van der Waals surface area (Å²) in [5.74, 6) is 0.377. The highest BCUT2D eigenvalue weighted by atomic mass is 16.3. The molecule has 2 nitrogen and oxygen atoms in total. The third kappa shape index (κ3) is 2.74. The molecular formula is C11H17NO. The summed E-state index contributed by atoms with van der Waals surface area (Å²) in [6, 6.07) is 5.85. The molecule has 0 saturated heterocycles. The summed E-state index contributed by atoms with van der Waals surface area (Å²) >= 11 is 0. The molecule has 1 rings (SSSR count). The fraction of sp³-hybridized carbons (Fsp3) is 0.455. The van der Waals surface area contributed by atoms with Crippen LogP contribution in [0.5, 0.6) is 5.75 Å². The lowest BCUT2D eigenvalue weighted by atomic mass is 10.0. The van der Waals surface area contributed by atoms with Crippen LogP contribution in [0.3, 0.4) is 0 Å². The fourth-order valence-corrected chi connectivity index (χ4v) is 1.32. The number of hydrogen-bond donors (Lipinski definition) is 2. The standard InChI is InChI=1S/C11H17NO/c1-8(12)6-7-10-4-3-5-11(13)9(10)2/h3-5,8,13H,6-7,12H2,1-2H3/t8-/m1/s1. The van der Waals surface area contributed by atoms with E-state index < -0.39 is 0 Å². The molecule has 0 spiro atoms. The summed E-state index contributed by atoms with van der Waals surface area (Å²) in [6.07, 6.45) is 1.90. The zero-order valence-corrected chi connectivity index (χ0v) is 8.25. The molecule has 2 heteroatoms. The van der Waals surface area contributed by atoms with E-state index in [1.807, 2.05) is 26.0 Å². The highest BCUT2D eigenvalue weighted by Crippen LogP contribution is 2.20. The Hall–Kier alpha value is -1.02. The van der Waals surface area contributed by atoms with Crippen LogP contribution in [0.4, 0.5) is 0 Å². The van der Waals surface area contributed by atoms with Gasteiger partial charge in [0, 0.05) is 6.04 Å². The predicted molar refractivity (Wildman–Crippen MR) is 54.8 cm³/mol. The first kappa shape index (κ1) is 10.1. The van der Waals surface area contributed by atoms with Crippen LogP contribution in [0.2, 0.25) is 0 Å². The van der Waals surface area contributed by atoms with Gasteiger partial charge in [-0.25, -0.2) is 0 Å². The highest BCUT2D eigenvalue weighted by molar-refractivity contribution is 5.37. The second-order valence-electron chi connectivity index (χ2n) is 3.58. The molecule has 0 aliphatic heterocycles. The second kappa shape index (κ2) is 4.28. The maximum Gasteiger partial charge on any atom is 0.118 e. The van der Waals surface area contributed by atoms with Crippen LogP contribution in [-0.4, -0.2) is 11.1 Å². The Kier molecular flexibility index (Phi) is 3.32. The van der Waals surface area contributed by atoms with Crippen molar-refractivity contribution in [2.24, 2.45) is 5.73 Å². The number of phenols is 1. The monoisotopic (exact) mass is 179 g/mol. The number of nitrogens with two attached hydrogens (primary N) is 1. The third-order valence-corrected chi connectivity index (χ3v) is 2.29. The quantitative estimate of drug-likeness (QED) is 0.745. The molecular weight excluding hydrogens is 162 g/mol. The molecule has 0 aromatic heterocycles. The fourth-order valence-electron chi connectivity index (χ4n) is 1.32. The van der Waals surface area contributed by atoms with Crippen molar-refractivity contribution < 1.29 is 5.11 Å². The molecule has 0 heterocycles. The van der Waals surface area contributed by atoms with Crippen LogP contribution >= 0.6 is 0 Å². The van der Waals surface area contributed by atoms with E-state index in [1.165, 1.54) is 5.56 Å². The molecule has 0 amide bonds. The zero-order chi connectivity index (χ0) is 9.84. The molecule has 0 aliphatic carbocycles. The van der Waals surface area contributed by atoms with Gasteiger partial charge in [0.25, 0.3) is 0 Å². The van der Waals surface area contributed by atoms with E-state index in [1.54, 1.807) is 6.07 Å². The summed E-state index contributed by atoms with van der Waals surface area (Å²) < 4.78 is 0. The summed E-state index contributed by atoms with van der Waals surface area (Å²) in [5.41, 5.74) is 7.83. The molecule has 72 valence electrons. The van der Waals surface area contributed by atoms with Gasteiger partial charge in [-0.3, -0.25) is 0 Å². The lowest BCUT2D eigenvalue weighted by Crippen LogP contribution is -2.15. The van der Waals surface area contributed by atoms with Gasteiger partial charge >= 0.3 is 0 Å². The molecule has 0 radical (unpaired) electrons. The lowest BCUT2D eigenvalue weighted by molar-refractivity contribution is 0.469. The SMILES string of the molecule is Cc1c(O)cccc1CC[C@@H](C)N. The van der Waals surface area contributed by atoms with Crippen molar-refractivity contribution in [2.45, 2.75) is 32.7 Å². The molecule has 3 N–H and O–H groups in total. The first-order chi connectivity index (χ1) is 6.11. The number of aromatic hydroxyl groups is 1. The van der Waals surface area contributed by atoms with E-state index in [9.17, 15) is 5.11 Å². The number of hydrogen-bond acceptors (Lipinski definition) is 2. The van der Waals surface area contributed by atoms with Crippen molar-refractivity contribution in [3.63, 3.8) is 0 Å². The van der Waals surface area contributed by atoms with Crippen LogP contribution in [0.1, 0.15) is 24.5 Å². The van der Waals surface area contributed by atoms with E-state index in [-0.39, 0.29) is 6.04 Å². The molecule has 0 aliphatic rings. The summed E-state index contributed by atoms with van der Waals surface area (Å²) in [4.78, 5) is 0. The van der Waals surface area contributed by atoms with Crippen molar-refractivity contribution >= 4 is 0 Å². The van der Waals surface area contributed by atoms with E-state index in [0.29, 0.717) is 5.75 Å². The number of benzene rings is 1. The van der Waals surface area contributed by atoms with Crippen LogP contribution in [0.25, 0.3) is 0 Å². The minimum absolute atomic E-state index is 0.224. The van der Waals surface area contributed by atoms with Crippen molar-refractivity contribution in [3.05, 3.63) is 29.3 Å². The first-order valence-corrected chi connectivity index (χ1v) is 4.64. The minimum atomic E-state index is 0.224. The van der Waals surface area contributed by atoms with Crippen molar-refractivity contribution in [2.75, 3.05) is 0 Å². The molecule has 13 heavy (non-hydrogen) atoms. The van der Waals surface area contributed by atoms with Crippen LogP contribution < -0.4 is 5.73 Å². The van der Waals surface area contributed by atoms with Crippen LogP contribution in [0, 0.1) is 6.92 Å². The summed E-state index contributed by atoms with van der Waals surface area (Å²) in [7, 11) is 0. The lowest BCUT2D eigenvalue weighted by Gasteiger charge is -2.08. The third-order valence-electron chi connectivity index (χ3n) is 2.29. The molecule has 1 aromatic rings. The summed E-state index contributed by atoms with van der Waals surface area (Å²) in [5, 5.41) is 9.43. The number of phenolic OH excluding ortho intramolecular Hbond substituents is 1. The Morgan fingerprint density at radius 1 is 1.46 bits per heavy atom. The van der Waals surface area contributed by atoms with Crippen LogP contribution in [-0.2, 0) is 6.42 Å². The molecule has 1 atom stereocenters. The van der Waals surface area contributed by atoms with E-state index >= 15 is 0 Å².